The molecule has 0 atom stereocenters. The van der Waals surface area contributed by atoms with E-state index in [4.69, 9.17) is 0 Å². The van der Waals surface area contributed by atoms with Gasteiger partial charge in [-0.15, -0.1) is 11.8 Å². The van der Waals surface area contributed by atoms with E-state index < -0.39 is 21.6 Å². The van der Waals surface area contributed by atoms with Crippen LogP contribution in [0.1, 0.15) is 56.1 Å². The molecule has 1 aromatic carbocycles. The zero-order chi connectivity index (χ0) is 26.0. The summed E-state index contributed by atoms with van der Waals surface area (Å²) in [6.07, 6.45) is 7.32. The van der Waals surface area contributed by atoms with Gasteiger partial charge >= 0.3 is 6.18 Å². The number of carbonyl (C=O) groups excluding carboxylic acids is 1. The van der Waals surface area contributed by atoms with E-state index in [1.54, 1.807) is 18.3 Å². The summed E-state index contributed by atoms with van der Waals surface area (Å²) in [4.78, 5) is 16.7. The number of alkyl halides is 3. The summed E-state index contributed by atoms with van der Waals surface area (Å²) in [6.45, 7) is 0. The molecule has 2 aromatic rings. The summed E-state index contributed by atoms with van der Waals surface area (Å²) >= 11 is 1.24. The number of nitrogens with one attached hydrogen (secondary N) is 1. The number of rotatable bonds is 11. The monoisotopic (exact) mass is 540 g/mol. The average Bonchev–Trinajstić information content (AvgIpc) is 2.84. The Morgan fingerprint density at radius 2 is 1.92 bits per heavy atom. The van der Waals surface area contributed by atoms with Crippen molar-refractivity contribution < 1.29 is 26.4 Å². The van der Waals surface area contributed by atoms with Gasteiger partial charge in [0, 0.05) is 18.4 Å². The van der Waals surface area contributed by atoms with Gasteiger partial charge in [0.05, 0.1) is 22.8 Å². The van der Waals surface area contributed by atoms with Gasteiger partial charge in [-0.2, -0.15) is 13.2 Å². The Kier molecular flexibility index (Phi) is 10.4. The third-order valence-electron chi connectivity index (χ3n) is 6.06. The van der Waals surface area contributed by atoms with Crippen molar-refractivity contribution >= 4 is 39.3 Å². The molecule has 1 fully saturated rings. The molecule has 0 radical (unpaired) electrons. The van der Waals surface area contributed by atoms with Crippen LogP contribution in [0.15, 0.2) is 53.7 Å². The summed E-state index contributed by atoms with van der Waals surface area (Å²) < 4.78 is 63.3. The molecule has 3 rings (SSSR count). The van der Waals surface area contributed by atoms with Crippen molar-refractivity contribution in [2.45, 2.75) is 56.1 Å². The lowest BCUT2D eigenvalue weighted by Gasteiger charge is -2.21. The first-order valence-electron chi connectivity index (χ1n) is 12.0. The van der Waals surface area contributed by atoms with Crippen LogP contribution in [0.2, 0.25) is 0 Å². The van der Waals surface area contributed by atoms with Crippen molar-refractivity contribution in [3.05, 3.63) is 59.8 Å². The van der Waals surface area contributed by atoms with Crippen LogP contribution in [-0.4, -0.2) is 36.6 Å². The molecule has 1 N–H and O–H groups in total. The third-order valence-corrected chi connectivity index (χ3v) is 8.85. The van der Waals surface area contributed by atoms with Crippen molar-refractivity contribution in [1.82, 2.24) is 4.98 Å². The molecule has 0 saturated heterocycles. The SMILES string of the molecule is O=C(CCC1CCCCC1)Nc1cccnc1SCCS(=O)(=O)CC=Cc1cccc(C(F)(F)F)c1. The van der Waals surface area contributed by atoms with Gasteiger partial charge in [0.15, 0.2) is 9.84 Å². The molecule has 1 heterocycles. The summed E-state index contributed by atoms with van der Waals surface area (Å²) in [5.74, 6) is 0.372. The van der Waals surface area contributed by atoms with Crippen molar-refractivity contribution in [1.29, 1.82) is 0 Å². The van der Waals surface area contributed by atoms with Crippen molar-refractivity contribution in [2.75, 3.05) is 22.6 Å². The van der Waals surface area contributed by atoms with E-state index in [1.807, 2.05) is 0 Å². The van der Waals surface area contributed by atoms with E-state index in [9.17, 15) is 26.4 Å². The van der Waals surface area contributed by atoms with E-state index in [-0.39, 0.29) is 28.7 Å². The number of amides is 1. The molecule has 1 aliphatic rings. The predicted octanol–water partition coefficient (Wildman–Crippen LogP) is 6.62. The summed E-state index contributed by atoms with van der Waals surface area (Å²) in [6, 6.07) is 8.19. The summed E-state index contributed by atoms with van der Waals surface area (Å²) in [5.41, 5.74) is 0.0703. The highest BCUT2D eigenvalue weighted by Crippen LogP contribution is 2.30. The highest BCUT2D eigenvalue weighted by Gasteiger charge is 2.30. The Hall–Kier alpha value is -2.33. The van der Waals surface area contributed by atoms with Crippen molar-refractivity contribution in [2.24, 2.45) is 5.92 Å². The summed E-state index contributed by atoms with van der Waals surface area (Å²) in [5, 5.41) is 3.46. The Morgan fingerprint density at radius 1 is 1.14 bits per heavy atom. The number of anilines is 1. The molecule has 10 heteroatoms. The minimum atomic E-state index is -4.45. The first-order chi connectivity index (χ1) is 17.1. The number of halogens is 3. The van der Waals surface area contributed by atoms with Gasteiger partial charge in [-0.05, 0) is 42.2 Å². The Labute approximate surface area is 214 Å². The number of sulfone groups is 1. The van der Waals surface area contributed by atoms with Gasteiger partial charge in [-0.25, -0.2) is 13.4 Å². The largest absolute Gasteiger partial charge is 0.416 e. The molecular weight excluding hydrogens is 509 g/mol. The molecular formula is C26H31F3N2O3S2. The second-order valence-electron chi connectivity index (χ2n) is 8.94. The quantitative estimate of drug-likeness (QED) is 0.324. The number of aromatic nitrogens is 1. The Morgan fingerprint density at radius 3 is 2.67 bits per heavy atom. The molecule has 1 amide bonds. The number of nitrogens with zero attached hydrogens (tertiary/aromatic N) is 1. The normalized spacial score (nSPS) is 15.3. The maximum Gasteiger partial charge on any atom is 0.416 e. The molecule has 0 bridgehead atoms. The van der Waals surface area contributed by atoms with E-state index in [0.29, 0.717) is 23.1 Å². The molecule has 1 aromatic heterocycles. The van der Waals surface area contributed by atoms with Crippen LogP contribution in [0.4, 0.5) is 18.9 Å². The standard InChI is InChI=1S/C26H31F3N2O3S2/c27-26(28,29)22-11-4-9-21(19-22)10-6-17-36(33,34)18-16-35-25-23(12-5-15-30-25)31-24(32)14-13-20-7-2-1-3-8-20/h4-6,9-12,15,19-20H,1-3,7-8,13-14,16-18H2,(H,31,32). The topological polar surface area (TPSA) is 76.1 Å². The van der Waals surface area contributed by atoms with Gasteiger partial charge in [-0.3, -0.25) is 4.79 Å². The number of thioether (sulfide) groups is 1. The minimum absolute atomic E-state index is 0.0669. The lowest BCUT2D eigenvalue weighted by molar-refractivity contribution is -0.137. The molecule has 0 unspecified atom stereocenters. The zero-order valence-electron chi connectivity index (χ0n) is 20.0. The van der Waals surface area contributed by atoms with Gasteiger partial charge in [0.25, 0.3) is 0 Å². The average molecular weight is 541 g/mol. The predicted molar refractivity (Wildman–Crippen MR) is 139 cm³/mol. The Balaban J connectivity index is 1.47. The molecule has 196 valence electrons. The zero-order valence-corrected chi connectivity index (χ0v) is 21.6. The van der Waals surface area contributed by atoms with E-state index in [1.165, 1.54) is 68.2 Å². The number of pyridine rings is 1. The van der Waals surface area contributed by atoms with Crippen LogP contribution in [0.5, 0.6) is 0 Å². The maximum atomic E-state index is 12.8. The highest BCUT2D eigenvalue weighted by molar-refractivity contribution is 8.00. The van der Waals surface area contributed by atoms with Crippen LogP contribution >= 0.6 is 11.8 Å². The van der Waals surface area contributed by atoms with Crippen LogP contribution in [0.3, 0.4) is 0 Å². The van der Waals surface area contributed by atoms with Gasteiger partial charge in [0.2, 0.25) is 5.91 Å². The van der Waals surface area contributed by atoms with Gasteiger partial charge in [-0.1, -0.05) is 56.4 Å². The lowest BCUT2D eigenvalue weighted by Crippen LogP contribution is -2.16. The fraction of sp³-hybridized carbons (Fsp3) is 0.462. The second kappa shape index (κ2) is 13.3. The maximum absolute atomic E-state index is 12.8. The van der Waals surface area contributed by atoms with Crippen LogP contribution in [0, 0.1) is 5.92 Å². The third kappa shape index (κ3) is 9.61. The molecule has 5 nitrogen and oxygen atoms in total. The lowest BCUT2D eigenvalue weighted by atomic mass is 9.86. The highest BCUT2D eigenvalue weighted by atomic mass is 32.2. The first-order valence-corrected chi connectivity index (χ1v) is 14.8. The fourth-order valence-corrected chi connectivity index (χ4v) is 6.63. The minimum Gasteiger partial charge on any atom is -0.324 e. The summed E-state index contributed by atoms with van der Waals surface area (Å²) in [7, 11) is -3.46. The number of hydrogen-bond acceptors (Lipinski definition) is 5. The van der Waals surface area contributed by atoms with E-state index in [0.717, 1.165) is 18.6 Å². The molecule has 0 aliphatic heterocycles. The van der Waals surface area contributed by atoms with E-state index in [2.05, 4.69) is 10.3 Å². The fourth-order valence-electron chi connectivity index (χ4n) is 4.12. The van der Waals surface area contributed by atoms with Gasteiger partial charge < -0.3 is 5.32 Å². The first kappa shape index (κ1) is 28.2. The van der Waals surface area contributed by atoms with Crippen molar-refractivity contribution in [3.8, 4) is 0 Å². The Bertz CT molecular complexity index is 1150. The molecule has 36 heavy (non-hydrogen) atoms. The number of benzene rings is 1. The number of hydrogen-bond donors (Lipinski definition) is 1. The molecule has 0 spiro atoms. The van der Waals surface area contributed by atoms with Gasteiger partial charge in [0.1, 0.15) is 5.03 Å². The molecule has 1 saturated carbocycles. The van der Waals surface area contributed by atoms with Crippen molar-refractivity contribution in [3.63, 3.8) is 0 Å². The van der Waals surface area contributed by atoms with E-state index >= 15 is 0 Å². The molecule has 1 aliphatic carbocycles. The number of carbonyl (C=O) groups is 1. The van der Waals surface area contributed by atoms with Crippen LogP contribution in [0.25, 0.3) is 6.08 Å². The smallest absolute Gasteiger partial charge is 0.324 e. The van der Waals surface area contributed by atoms with Crippen LogP contribution < -0.4 is 5.32 Å². The van der Waals surface area contributed by atoms with Crippen LogP contribution in [-0.2, 0) is 20.8 Å². The second-order valence-corrected chi connectivity index (χ2v) is 12.2.